The summed E-state index contributed by atoms with van der Waals surface area (Å²) >= 11 is 1.72. The predicted octanol–water partition coefficient (Wildman–Crippen LogP) is 3.97. The Kier molecular flexibility index (Phi) is 7.75. The molecule has 5 heterocycles. The van der Waals surface area contributed by atoms with Crippen LogP contribution in [-0.4, -0.2) is 73.1 Å². The summed E-state index contributed by atoms with van der Waals surface area (Å²) in [6, 6.07) is 7.12. The molecule has 0 aromatic carbocycles. The Hall–Kier alpha value is -3.25. The van der Waals surface area contributed by atoms with E-state index in [1.165, 1.54) is 11.3 Å². The second kappa shape index (κ2) is 10.9. The zero-order valence-electron chi connectivity index (χ0n) is 21.1. The summed E-state index contributed by atoms with van der Waals surface area (Å²) in [5, 5.41) is 0.0401. The minimum Gasteiger partial charge on any atom is -0.335 e. The van der Waals surface area contributed by atoms with Gasteiger partial charge in [0.05, 0.1) is 11.3 Å². The first kappa shape index (κ1) is 29.2. The number of hydrogen-bond donors (Lipinski definition) is 0. The molecule has 0 spiro atoms. The number of rotatable bonds is 6. The van der Waals surface area contributed by atoms with Crippen molar-refractivity contribution in [2.45, 2.75) is 26.5 Å². The van der Waals surface area contributed by atoms with Crippen molar-refractivity contribution in [1.82, 2.24) is 24.2 Å². The Morgan fingerprint density at radius 3 is 2.17 bits per heavy atom. The number of sulfone groups is 1. The standard InChI is InChI=1S/C24H20F3N5O5S4/c1-15-21(39-22(30-15)16-6-8-28-9-7-16)23(33)31-10-12-32(13-11-31)41(36,37)20-5-4-19(38-20)40(34,35)18-3-2-17(14-29-18)24(25,26)27/h2-9,14H,10-13H2,1H3. The first-order chi connectivity index (χ1) is 19.3. The molecule has 0 saturated carbocycles. The maximum Gasteiger partial charge on any atom is 0.417 e. The van der Waals surface area contributed by atoms with Crippen molar-refractivity contribution in [1.29, 1.82) is 0 Å². The van der Waals surface area contributed by atoms with Crippen LogP contribution in [0.25, 0.3) is 10.6 Å². The monoisotopic (exact) mass is 643 g/mol. The number of sulfonamides is 1. The molecule has 1 aliphatic heterocycles. The summed E-state index contributed by atoms with van der Waals surface area (Å²) in [5.41, 5.74) is 0.287. The lowest BCUT2D eigenvalue weighted by molar-refractivity contribution is -0.137. The summed E-state index contributed by atoms with van der Waals surface area (Å²) in [6.07, 6.45) is -1.02. The number of pyridine rings is 2. The van der Waals surface area contributed by atoms with E-state index >= 15 is 0 Å². The number of alkyl halides is 3. The van der Waals surface area contributed by atoms with Gasteiger partial charge < -0.3 is 4.90 Å². The van der Waals surface area contributed by atoms with Crippen LogP contribution in [0, 0.1) is 6.92 Å². The quantitative estimate of drug-likeness (QED) is 0.309. The van der Waals surface area contributed by atoms with Crippen molar-refractivity contribution in [3.63, 3.8) is 0 Å². The van der Waals surface area contributed by atoms with Crippen molar-refractivity contribution >= 4 is 48.4 Å². The van der Waals surface area contributed by atoms with Crippen LogP contribution in [0.4, 0.5) is 13.2 Å². The molecule has 0 atom stereocenters. The van der Waals surface area contributed by atoms with Crippen LogP contribution in [0.2, 0.25) is 0 Å². The number of aryl methyl sites for hydroxylation is 1. The van der Waals surface area contributed by atoms with E-state index in [1.807, 2.05) is 0 Å². The van der Waals surface area contributed by atoms with Gasteiger partial charge in [0.25, 0.3) is 15.9 Å². The molecule has 0 N–H and O–H groups in total. The third kappa shape index (κ3) is 5.76. The summed E-state index contributed by atoms with van der Waals surface area (Å²) in [4.78, 5) is 27.1. The predicted molar refractivity (Wildman–Crippen MR) is 144 cm³/mol. The first-order valence-electron chi connectivity index (χ1n) is 11.8. The van der Waals surface area contributed by atoms with E-state index in [4.69, 9.17) is 0 Å². The SMILES string of the molecule is Cc1nc(-c2ccncc2)sc1C(=O)N1CCN(S(=O)(=O)c2ccc(S(=O)(=O)c3ccc(C(F)(F)F)cn3)s2)CC1. The molecule has 1 aliphatic rings. The number of carbonyl (C=O) groups is 1. The third-order valence-electron chi connectivity index (χ3n) is 6.20. The minimum atomic E-state index is -4.68. The van der Waals surface area contributed by atoms with E-state index in [9.17, 15) is 34.8 Å². The second-order valence-electron chi connectivity index (χ2n) is 8.83. The lowest BCUT2D eigenvalue weighted by Crippen LogP contribution is -2.50. The largest absolute Gasteiger partial charge is 0.417 e. The zero-order valence-corrected chi connectivity index (χ0v) is 24.3. The average molecular weight is 644 g/mol. The maximum atomic E-state index is 13.3. The Labute approximate surface area is 241 Å². The Morgan fingerprint density at radius 1 is 0.902 bits per heavy atom. The Bertz CT molecular complexity index is 1800. The fourth-order valence-electron chi connectivity index (χ4n) is 4.01. The molecule has 41 heavy (non-hydrogen) atoms. The number of thiazole rings is 1. The molecule has 10 nitrogen and oxygen atoms in total. The van der Waals surface area contributed by atoms with Crippen molar-refractivity contribution in [3.05, 3.63) is 71.1 Å². The van der Waals surface area contributed by atoms with Gasteiger partial charge in [-0.05, 0) is 43.3 Å². The van der Waals surface area contributed by atoms with Gasteiger partial charge in [0.15, 0.2) is 5.03 Å². The van der Waals surface area contributed by atoms with Crippen LogP contribution in [-0.2, 0) is 26.0 Å². The van der Waals surface area contributed by atoms with Crippen LogP contribution < -0.4 is 0 Å². The van der Waals surface area contributed by atoms with E-state index in [1.54, 1.807) is 36.4 Å². The van der Waals surface area contributed by atoms with Crippen molar-refractivity contribution < 1.29 is 34.8 Å². The van der Waals surface area contributed by atoms with E-state index in [0.717, 1.165) is 28.1 Å². The van der Waals surface area contributed by atoms with Crippen molar-refractivity contribution in [2.24, 2.45) is 0 Å². The zero-order chi connectivity index (χ0) is 29.6. The van der Waals surface area contributed by atoms with Gasteiger partial charge in [0.2, 0.25) is 9.84 Å². The maximum absolute atomic E-state index is 13.3. The highest BCUT2D eigenvalue weighted by Gasteiger charge is 2.35. The second-order valence-corrected chi connectivity index (χ2v) is 15.2. The fourth-order valence-corrected chi connectivity index (χ4v) is 9.68. The smallest absolute Gasteiger partial charge is 0.335 e. The van der Waals surface area contributed by atoms with Gasteiger partial charge in [0.1, 0.15) is 18.3 Å². The minimum absolute atomic E-state index is 0.0103. The molecule has 5 rings (SSSR count). The van der Waals surface area contributed by atoms with Crippen molar-refractivity contribution in [3.8, 4) is 10.6 Å². The Morgan fingerprint density at radius 2 is 1.56 bits per heavy atom. The topological polar surface area (TPSA) is 130 Å². The lowest BCUT2D eigenvalue weighted by Gasteiger charge is -2.33. The van der Waals surface area contributed by atoms with Crippen LogP contribution in [0.15, 0.2) is 68.4 Å². The van der Waals surface area contributed by atoms with E-state index in [-0.39, 0.29) is 40.5 Å². The summed E-state index contributed by atoms with van der Waals surface area (Å²) < 4.78 is 91.3. The molecule has 17 heteroatoms. The molecule has 1 amide bonds. The molecule has 0 unspecified atom stereocenters. The highest BCUT2D eigenvalue weighted by molar-refractivity contribution is 7.95. The van der Waals surface area contributed by atoms with E-state index in [2.05, 4.69) is 15.0 Å². The van der Waals surface area contributed by atoms with Crippen LogP contribution in [0.5, 0.6) is 0 Å². The normalized spacial score (nSPS) is 15.3. The third-order valence-corrected chi connectivity index (χ3v) is 13.0. The van der Waals surface area contributed by atoms with E-state index in [0.29, 0.717) is 39.2 Å². The number of amides is 1. The average Bonchev–Trinajstić information content (AvgIpc) is 3.61. The summed E-state index contributed by atoms with van der Waals surface area (Å²) in [6.45, 7) is 1.95. The lowest BCUT2D eigenvalue weighted by atomic mass is 10.3. The van der Waals surface area contributed by atoms with Crippen LogP contribution in [0.3, 0.4) is 0 Å². The molecule has 216 valence electrons. The van der Waals surface area contributed by atoms with Gasteiger partial charge in [-0.15, -0.1) is 22.7 Å². The highest BCUT2D eigenvalue weighted by Crippen LogP contribution is 2.34. The summed E-state index contributed by atoms with van der Waals surface area (Å²) in [5.74, 6) is -0.258. The number of nitrogens with zero attached hydrogens (tertiary/aromatic N) is 5. The number of aromatic nitrogens is 3. The van der Waals surface area contributed by atoms with Gasteiger partial charge >= 0.3 is 6.18 Å². The van der Waals surface area contributed by atoms with E-state index < -0.39 is 36.6 Å². The molecule has 4 aromatic rings. The summed E-state index contributed by atoms with van der Waals surface area (Å²) in [7, 11) is -8.45. The number of carbonyl (C=O) groups excluding carboxylic acids is 1. The number of thiophene rings is 1. The highest BCUT2D eigenvalue weighted by atomic mass is 32.3. The molecular weight excluding hydrogens is 624 g/mol. The van der Waals surface area contributed by atoms with Crippen LogP contribution in [0.1, 0.15) is 20.9 Å². The molecule has 0 radical (unpaired) electrons. The van der Waals surface area contributed by atoms with Crippen molar-refractivity contribution in [2.75, 3.05) is 26.2 Å². The fraction of sp³-hybridized carbons (Fsp3) is 0.250. The number of hydrogen-bond acceptors (Lipinski definition) is 10. The molecule has 1 saturated heterocycles. The van der Waals surface area contributed by atoms with Gasteiger partial charge in [-0.2, -0.15) is 17.5 Å². The van der Waals surface area contributed by atoms with Crippen LogP contribution >= 0.6 is 22.7 Å². The number of halogens is 3. The van der Waals surface area contributed by atoms with Gasteiger partial charge in [0, 0.05) is 50.3 Å². The van der Waals surface area contributed by atoms with Gasteiger partial charge in [-0.25, -0.2) is 26.8 Å². The molecule has 0 aliphatic carbocycles. The molecule has 0 bridgehead atoms. The number of piperazine rings is 1. The molecule has 4 aromatic heterocycles. The molecular formula is C24H20F3N5O5S4. The first-order valence-corrected chi connectivity index (χ1v) is 16.4. The van der Waals surface area contributed by atoms with Gasteiger partial charge in [-0.3, -0.25) is 9.78 Å². The molecule has 1 fully saturated rings. The Balaban J connectivity index is 1.27. The van der Waals surface area contributed by atoms with Gasteiger partial charge in [-0.1, -0.05) is 0 Å².